The van der Waals surface area contributed by atoms with E-state index in [0.29, 0.717) is 4.83 Å². The lowest BCUT2D eigenvalue weighted by Gasteiger charge is -2.33. The van der Waals surface area contributed by atoms with Crippen molar-refractivity contribution in [3.05, 3.63) is 0 Å². The number of hydrogen-bond donors (Lipinski definition) is 0. The normalized spacial score (nSPS) is 20.6. The van der Waals surface area contributed by atoms with Gasteiger partial charge in [0.2, 0.25) is 5.95 Å². The Kier molecular flexibility index (Phi) is 3.23. The molecule has 1 unspecified atom stereocenters. The Labute approximate surface area is 98.0 Å². The van der Waals surface area contributed by atoms with Crippen LogP contribution in [0.4, 0.5) is 5.95 Å². The molecule has 0 radical (unpaired) electrons. The first-order valence-corrected chi connectivity index (χ1v) is 6.21. The maximum Gasteiger partial charge on any atom is 0.245 e. The van der Waals surface area contributed by atoms with Crippen molar-refractivity contribution >= 4 is 21.9 Å². The highest BCUT2D eigenvalue weighted by molar-refractivity contribution is 9.09. The highest BCUT2D eigenvalue weighted by atomic mass is 79.9. The van der Waals surface area contributed by atoms with Crippen LogP contribution >= 0.6 is 15.9 Å². The van der Waals surface area contributed by atoms with Gasteiger partial charge >= 0.3 is 0 Å². The lowest BCUT2D eigenvalue weighted by atomic mass is 9.94. The first kappa shape index (κ1) is 10.9. The van der Waals surface area contributed by atoms with Crippen molar-refractivity contribution in [3.8, 4) is 0 Å². The monoisotopic (exact) mass is 273 g/mol. The average molecular weight is 274 g/mol. The van der Waals surface area contributed by atoms with Crippen molar-refractivity contribution in [1.29, 1.82) is 0 Å². The number of aromatic nitrogens is 4. The fraction of sp³-hybridized carbons (Fsp3) is 0.889. The lowest BCUT2D eigenvalue weighted by Crippen LogP contribution is -2.37. The molecule has 0 spiro atoms. The molecule has 2 heterocycles. The summed E-state index contributed by atoms with van der Waals surface area (Å²) in [5, 5.41) is 11.5. The molecule has 0 N–H and O–H groups in total. The molecule has 15 heavy (non-hydrogen) atoms. The summed E-state index contributed by atoms with van der Waals surface area (Å²) in [5.41, 5.74) is 0. The van der Waals surface area contributed by atoms with Gasteiger partial charge in [-0.1, -0.05) is 28.0 Å². The van der Waals surface area contributed by atoms with Gasteiger partial charge in [0.1, 0.15) is 0 Å². The van der Waals surface area contributed by atoms with Crippen LogP contribution in [0.3, 0.4) is 0 Å². The van der Waals surface area contributed by atoms with Crippen molar-refractivity contribution in [3.63, 3.8) is 0 Å². The quantitative estimate of drug-likeness (QED) is 0.760. The van der Waals surface area contributed by atoms with Crippen LogP contribution in [0.15, 0.2) is 0 Å². The van der Waals surface area contributed by atoms with Crippen LogP contribution in [0.2, 0.25) is 0 Å². The van der Waals surface area contributed by atoms with Gasteiger partial charge in [0.05, 0.1) is 0 Å². The molecular formula is C9H16BrN5. The number of nitrogens with zero attached hydrogens (tertiary/aromatic N) is 5. The van der Waals surface area contributed by atoms with Crippen LogP contribution in [-0.4, -0.2) is 38.1 Å². The van der Waals surface area contributed by atoms with Gasteiger partial charge in [0.25, 0.3) is 0 Å². The van der Waals surface area contributed by atoms with Gasteiger partial charge in [-0.2, -0.15) is 0 Å². The minimum atomic E-state index is 0.609. The van der Waals surface area contributed by atoms with E-state index in [1.54, 1.807) is 4.68 Å². The predicted octanol–water partition coefficient (Wildman–Crippen LogP) is 1.21. The predicted molar refractivity (Wildman–Crippen MR) is 62.1 cm³/mol. The Morgan fingerprint density at radius 2 is 2.07 bits per heavy atom. The molecule has 84 valence electrons. The highest BCUT2D eigenvalue weighted by Crippen LogP contribution is 2.26. The zero-order chi connectivity index (χ0) is 10.8. The van der Waals surface area contributed by atoms with Crippen molar-refractivity contribution in [2.24, 2.45) is 13.0 Å². The summed E-state index contributed by atoms with van der Waals surface area (Å²) >= 11 is 3.65. The van der Waals surface area contributed by atoms with Crippen LogP contribution in [0.5, 0.6) is 0 Å². The van der Waals surface area contributed by atoms with Crippen LogP contribution in [0.1, 0.15) is 19.8 Å². The summed E-state index contributed by atoms with van der Waals surface area (Å²) in [6, 6.07) is 0. The van der Waals surface area contributed by atoms with Crippen LogP contribution in [0.25, 0.3) is 0 Å². The molecule has 1 saturated heterocycles. The molecule has 1 aliphatic rings. The lowest BCUT2D eigenvalue weighted by molar-refractivity contribution is 0.401. The van der Waals surface area contributed by atoms with E-state index in [-0.39, 0.29) is 0 Å². The maximum atomic E-state index is 4.03. The fourth-order valence-electron chi connectivity index (χ4n) is 2.05. The van der Waals surface area contributed by atoms with Gasteiger partial charge in [-0.05, 0) is 29.2 Å². The average Bonchev–Trinajstić information content (AvgIpc) is 2.65. The highest BCUT2D eigenvalue weighted by Gasteiger charge is 2.24. The first-order chi connectivity index (χ1) is 7.18. The first-order valence-electron chi connectivity index (χ1n) is 5.30. The molecule has 5 nitrogen and oxygen atoms in total. The third-order valence-corrected chi connectivity index (χ3v) is 3.82. The molecule has 0 saturated carbocycles. The Hall–Kier alpha value is -0.650. The SMILES string of the molecule is CC(Br)C1CCN(c2nnnn2C)CC1. The van der Waals surface area contributed by atoms with E-state index < -0.39 is 0 Å². The smallest absolute Gasteiger partial charge is 0.245 e. The van der Waals surface area contributed by atoms with Crippen LogP contribution in [0, 0.1) is 5.92 Å². The summed E-state index contributed by atoms with van der Waals surface area (Å²) < 4.78 is 1.73. The Balaban J connectivity index is 1.97. The summed E-state index contributed by atoms with van der Waals surface area (Å²) in [6.07, 6.45) is 2.42. The van der Waals surface area contributed by atoms with Gasteiger partial charge in [0.15, 0.2) is 0 Å². The Bertz CT molecular complexity index is 316. The molecule has 1 fully saturated rings. The van der Waals surface area contributed by atoms with Gasteiger partial charge in [-0.25, -0.2) is 4.68 Å². The van der Waals surface area contributed by atoms with E-state index in [1.807, 2.05) is 7.05 Å². The summed E-state index contributed by atoms with van der Waals surface area (Å²) in [6.45, 7) is 4.33. The van der Waals surface area contributed by atoms with E-state index in [9.17, 15) is 0 Å². The maximum absolute atomic E-state index is 4.03. The van der Waals surface area contributed by atoms with E-state index in [0.717, 1.165) is 25.0 Å². The molecule has 0 aromatic carbocycles. The molecule has 1 aromatic rings. The van der Waals surface area contributed by atoms with E-state index >= 15 is 0 Å². The molecule has 6 heteroatoms. The Morgan fingerprint density at radius 3 is 2.53 bits per heavy atom. The second kappa shape index (κ2) is 4.47. The number of piperidine rings is 1. The number of alkyl halides is 1. The molecule has 0 aliphatic carbocycles. The van der Waals surface area contributed by atoms with Gasteiger partial charge in [0, 0.05) is 25.0 Å². The molecular weight excluding hydrogens is 258 g/mol. The minimum absolute atomic E-state index is 0.609. The number of anilines is 1. The van der Waals surface area contributed by atoms with E-state index in [2.05, 4.69) is 43.3 Å². The number of rotatable bonds is 2. The number of tetrazole rings is 1. The largest absolute Gasteiger partial charge is 0.340 e. The summed E-state index contributed by atoms with van der Waals surface area (Å²) in [5.74, 6) is 1.66. The zero-order valence-electron chi connectivity index (χ0n) is 9.10. The molecule has 0 amide bonds. The topological polar surface area (TPSA) is 46.8 Å². The van der Waals surface area contributed by atoms with Gasteiger partial charge in [-0.3, -0.25) is 0 Å². The molecule has 1 aliphatic heterocycles. The standard InChI is InChI=1S/C9H16BrN5/c1-7(10)8-3-5-15(6-4-8)9-11-12-13-14(9)2/h7-8H,3-6H2,1-2H3. The number of hydrogen-bond acceptors (Lipinski definition) is 4. The van der Waals surface area contributed by atoms with Crippen molar-refractivity contribution in [2.75, 3.05) is 18.0 Å². The number of halogens is 1. The van der Waals surface area contributed by atoms with E-state index in [4.69, 9.17) is 0 Å². The molecule has 1 aromatic heterocycles. The van der Waals surface area contributed by atoms with Crippen LogP contribution in [-0.2, 0) is 7.05 Å². The number of aryl methyl sites for hydroxylation is 1. The zero-order valence-corrected chi connectivity index (χ0v) is 10.7. The Morgan fingerprint density at radius 1 is 1.40 bits per heavy atom. The van der Waals surface area contributed by atoms with E-state index in [1.165, 1.54) is 12.8 Å². The van der Waals surface area contributed by atoms with Gasteiger partial charge < -0.3 is 4.90 Å². The second-order valence-electron chi connectivity index (χ2n) is 4.10. The summed E-state index contributed by atoms with van der Waals surface area (Å²) in [7, 11) is 1.88. The third-order valence-electron chi connectivity index (χ3n) is 3.07. The second-order valence-corrected chi connectivity index (χ2v) is 5.55. The minimum Gasteiger partial charge on any atom is -0.340 e. The molecule has 2 rings (SSSR count). The van der Waals surface area contributed by atoms with Crippen molar-refractivity contribution in [2.45, 2.75) is 24.6 Å². The van der Waals surface area contributed by atoms with Crippen LogP contribution < -0.4 is 4.90 Å². The van der Waals surface area contributed by atoms with Gasteiger partial charge in [-0.15, -0.1) is 0 Å². The summed E-state index contributed by atoms with van der Waals surface area (Å²) in [4.78, 5) is 2.86. The van der Waals surface area contributed by atoms with Crippen molar-refractivity contribution in [1.82, 2.24) is 20.2 Å². The fourth-order valence-corrected chi connectivity index (χ4v) is 2.58. The van der Waals surface area contributed by atoms with Crippen molar-refractivity contribution < 1.29 is 0 Å². The molecule has 0 bridgehead atoms. The molecule has 1 atom stereocenters. The third kappa shape index (κ3) is 2.30.